The van der Waals surface area contributed by atoms with Gasteiger partial charge in [-0.25, -0.2) is 0 Å². The van der Waals surface area contributed by atoms with Gasteiger partial charge in [-0.05, 0) is 51.7 Å². The lowest BCUT2D eigenvalue weighted by atomic mass is 10.0. The summed E-state index contributed by atoms with van der Waals surface area (Å²) in [5.74, 6) is 0. The van der Waals surface area contributed by atoms with E-state index in [-0.39, 0.29) is 5.60 Å². The molecule has 1 aliphatic carbocycles. The lowest BCUT2D eigenvalue weighted by molar-refractivity contribution is 0.0135. The molecule has 3 aliphatic rings. The van der Waals surface area contributed by atoms with E-state index in [9.17, 15) is 5.11 Å². The van der Waals surface area contributed by atoms with Crippen LogP contribution in [0.15, 0.2) is 0 Å². The molecular formula is C15H28N2O. The van der Waals surface area contributed by atoms with E-state index in [1.165, 1.54) is 64.7 Å². The summed E-state index contributed by atoms with van der Waals surface area (Å²) in [7, 11) is 0. The number of β-amino-alcohol motifs (C(OH)–C–C–N with tert-alkyl or cyclic N) is 1. The second-order valence-corrected chi connectivity index (χ2v) is 6.71. The highest BCUT2D eigenvalue weighted by Crippen LogP contribution is 2.31. The first-order chi connectivity index (χ1) is 8.75. The fourth-order valence-electron chi connectivity index (χ4n) is 4.14. The van der Waals surface area contributed by atoms with Crippen molar-refractivity contribution in [3.63, 3.8) is 0 Å². The van der Waals surface area contributed by atoms with E-state index >= 15 is 0 Å². The Bertz CT molecular complexity index is 270. The maximum Gasteiger partial charge on any atom is 0.0774 e. The number of hydrogen-bond donors (Lipinski definition) is 1. The quantitative estimate of drug-likeness (QED) is 0.830. The van der Waals surface area contributed by atoms with Gasteiger partial charge >= 0.3 is 0 Å². The van der Waals surface area contributed by atoms with Gasteiger partial charge in [-0.1, -0.05) is 19.3 Å². The molecule has 2 saturated heterocycles. The highest BCUT2D eigenvalue weighted by molar-refractivity contribution is 4.92. The number of likely N-dealkylation sites (tertiary alicyclic amines) is 2. The van der Waals surface area contributed by atoms with Crippen LogP contribution in [0.5, 0.6) is 0 Å². The second kappa shape index (κ2) is 5.48. The summed E-state index contributed by atoms with van der Waals surface area (Å²) in [5, 5.41) is 10.5. The third kappa shape index (κ3) is 2.89. The Morgan fingerprint density at radius 3 is 2.39 bits per heavy atom. The van der Waals surface area contributed by atoms with Crippen molar-refractivity contribution in [2.24, 2.45) is 0 Å². The van der Waals surface area contributed by atoms with E-state index in [4.69, 9.17) is 0 Å². The Morgan fingerprint density at radius 1 is 0.944 bits per heavy atom. The first-order valence-corrected chi connectivity index (χ1v) is 7.94. The van der Waals surface area contributed by atoms with Gasteiger partial charge in [-0.2, -0.15) is 0 Å². The molecule has 0 amide bonds. The zero-order valence-electron chi connectivity index (χ0n) is 11.6. The van der Waals surface area contributed by atoms with E-state index in [0.29, 0.717) is 0 Å². The topological polar surface area (TPSA) is 26.7 Å². The van der Waals surface area contributed by atoms with E-state index in [1.54, 1.807) is 0 Å². The van der Waals surface area contributed by atoms with Gasteiger partial charge in [-0.15, -0.1) is 0 Å². The summed E-state index contributed by atoms with van der Waals surface area (Å²) in [5.41, 5.74) is -0.350. The van der Waals surface area contributed by atoms with E-state index in [0.717, 1.165) is 25.4 Å². The molecule has 18 heavy (non-hydrogen) atoms. The average Bonchev–Trinajstić information content (AvgIpc) is 3.00. The van der Waals surface area contributed by atoms with Crippen molar-refractivity contribution in [2.45, 2.75) is 63.0 Å². The summed E-state index contributed by atoms with van der Waals surface area (Å²) < 4.78 is 0. The maximum atomic E-state index is 10.5. The van der Waals surface area contributed by atoms with Crippen LogP contribution in [0.1, 0.15) is 51.4 Å². The Labute approximate surface area is 111 Å². The molecule has 0 aromatic rings. The standard InChI is InChI=1S/C15H28N2O/c18-15(7-2-3-8-15)13-16-11-6-14(12-16)17-9-4-1-5-10-17/h14,18H,1-13H2. The number of piperidine rings is 1. The van der Waals surface area contributed by atoms with Crippen LogP contribution in [0, 0.1) is 0 Å². The molecule has 3 fully saturated rings. The van der Waals surface area contributed by atoms with Crippen LogP contribution >= 0.6 is 0 Å². The Hall–Kier alpha value is -0.120. The van der Waals surface area contributed by atoms with Crippen LogP contribution in [0.4, 0.5) is 0 Å². The molecule has 2 aliphatic heterocycles. The highest BCUT2D eigenvalue weighted by Gasteiger charge is 2.36. The summed E-state index contributed by atoms with van der Waals surface area (Å²) in [6.45, 7) is 5.94. The first-order valence-electron chi connectivity index (χ1n) is 7.94. The first kappa shape index (κ1) is 12.9. The Balaban J connectivity index is 1.48. The van der Waals surface area contributed by atoms with Gasteiger partial charge in [-0.3, -0.25) is 9.80 Å². The van der Waals surface area contributed by atoms with Crippen molar-refractivity contribution in [1.29, 1.82) is 0 Å². The third-order valence-electron chi connectivity index (χ3n) is 5.21. The van der Waals surface area contributed by atoms with Crippen LogP contribution in [-0.2, 0) is 0 Å². The molecule has 0 radical (unpaired) electrons. The minimum Gasteiger partial charge on any atom is -0.389 e. The SMILES string of the molecule is OC1(CN2CCC(N3CCCCC3)C2)CCCC1. The van der Waals surface area contributed by atoms with Gasteiger partial charge in [0.25, 0.3) is 0 Å². The number of nitrogens with zero attached hydrogens (tertiary/aromatic N) is 2. The van der Waals surface area contributed by atoms with Gasteiger partial charge in [0.05, 0.1) is 5.60 Å². The molecule has 3 heteroatoms. The lowest BCUT2D eigenvalue weighted by Crippen LogP contribution is -2.44. The van der Waals surface area contributed by atoms with Gasteiger partial charge in [0.15, 0.2) is 0 Å². The number of aliphatic hydroxyl groups is 1. The van der Waals surface area contributed by atoms with Crippen LogP contribution in [0.2, 0.25) is 0 Å². The molecule has 0 bridgehead atoms. The highest BCUT2D eigenvalue weighted by atomic mass is 16.3. The zero-order valence-corrected chi connectivity index (χ0v) is 11.6. The predicted molar refractivity (Wildman–Crippen MR) is 73.7 cm³/mol. The van der Waals surface area contributed by atoms with Crippen LogP contribution in [0.25, 0.3) is 0 Å². The fraction of sp³-hybridized carbons (Fsp3) is 1.00. The largest absolute Gasteiger partial charge is 0.389 e. The van der Waals surface area contributed by atoms with Crippen molar-refractivity contribution in [3.05, 3.63) is 0 Å². The van der Waals surface area contributed by atoms with Crippen molar-refractivity contribution >= 4 is 0 Å². The molecular weight excluding hydrogens is 224 g/mol. The second-order valence-electron chi connectivity index (χ2n) is 6.71. The molecule has 1 N–H and O–H groups in total. The molecule has 104 valence electrons. The van der Waals surface area contributed by atoms with Crippen LogP contribution in [0.3, 0.4) is 0 Å². The van der Waals surface area contributed by atoms with Gasteiger partial charge in [0, 0.05) is 19.1 Å². The molecule has 2 heterocycles. The van der Waals surface area contributed by atoms with Crippen LogP contribution in [-0.4, -0.2) is 59.3 Å². The zero-order chi connectivity index (χ0) is 12.4. The molecule has 3 rings (SSSR count). The maximum absolute atomic E-state index is 10.5. The molecule has 3 nitrogen and oxygen atoms in total. The van der Waals surface area contributed by atoms with E-state index in [2.05, 4.69) is 9.80 Å². The van der Waals surface area contributed by atoms with Crippen molar-refractivity contribution in [1.82, 2.24) is 9.80 Å². The average molecular weight is 252 g/mol. The van der Waals surface area contributed by atoms with Crippen LogP contribution < -0.4 is 0 Å². The fourth-order valence-corrected chi connectivity index (χ4v) is 4.14. The molecule has 0 spiro atoms. The normalized spacial score (nSPS) is 34.2. The van der Waals surface area contributed by atoms with Gasteiger partial charge in [0.1, 0.15) is 0 Å². The van der Waals surface area contributed by atoms with Crippen molar-refractivity contribution in [2.75, 3.05) is 32.7 Å². The number of rotatable bonds is 3. The lowest BCUT2D eigenvalue weighted by Gasteiger charge is -2.33. The minimum atomic E-state index is -0.350. The smallest absolute Gasteiger partial charge is 0.0774 e. The minimum absolute atomic E-state index is 0.350. The molecule has 1 unspecified atom stereocenters. The van der Waals surface area contributed by atoms with E-state index < -0.39 is 0 Å². The summed E-state index contributed by atoms with van der Waals surface area (Å²) in [4.78, 5) is 5.22. The molecule has 0 aromatic carbocycles. The third-order valence-corrected chi connectivity index (χ3v) is 5.21. The predicted octanol–water partition coefficient (Wildman–Crippen LogP) is 1.85. The summed E-state index contributed by atoms with van der Waals surface area (Å²) in [6.07, 6.45) is 10.0. The Kier molecular flexibility index (Phi) is 3.92. The van der Waals surface area contributed by atoms with Gasteiger partial charge < -0.3 is 5.11 Å². The molecule has 1 saturated carbocycles. The van der Waals surface area contributed by atoms with Crippen molar-refractivity contribution in [3.8, 4) is 0 Å². The summed E-state index contributed by atoms with van der Waals surface area (Å²) in [6, 6.07) is 0.773. The number of hydrogen-bond acceptors (Lipinski definition) is 3. The summed E-state index contributed by atoms with van der Waals surface area (Å²) >= 11 is 0. The van der Waals surface area contributed by atoms with Gasteiger partial charge in [0.2, 0.25) is 0 Å². The molecule has 0 aromatic heterocycles. The molecule has 1 atom stereocenters. The Morgan fingerprint density at radius 2 is 1.67 bits per heavy atom. The monoisotopic (exact) mass is 252 g/mol. The van der Waals surface area contributed by atoms with E-state index in [1.807, 2.05) is 0 Å². The van der Waals surface area contributed by atoms with Crippen molar-refractivity contribution < 1.29 is 5.11 Å².